The highest BCUT2D eigenvalue weighted by molar-refractivity contribution is 5.78. The molecule has 1 heterocycles. The van der Waals surface area contributed by atoms with Gasteiger partial charge in [-0.3, -0.25) is 4.79 Å². The highest BCUT2D eigenvalue weighted by atomic mass is 16.2. The molecule has 1 fully saturated rings. The van der Waals surface area contributed by atoms with Crippen LogP contribution in [0.4, 0.5) is 0 Å². The van der Waals surface area contributed by atoms with Crippen LogP contribution in [0.1, 0.15) is 20.8 Å². The van der Waals surface area contributed by atoms with Gasteiger partial charge in [0, 0.05) is 37.8 Å². The Hall–Kier alpha value is -1.65. The van der Waals surface area contributed by atoms with Gasteiger partial charge in [0.25, 0.3) is 0 Å². The molecule has 0 aromatic rings. The lowest BCUT2D eigenvalue weighted by Crippen LogP contribution is -2.50. The Bertz CT molecular complexity index is 348. The van der Waals surface area contributed by atoms with E-state index in [9.17, 15) is 4.79 Å². The molecule has 0 aromatic carbocycles. The maximum atomic E-state index is 11.8. The molecule has 1 saturated heterocycles. The van der Waals surface area contributed by atoms with Crippen molar-refractivity contribution in [1.29, 1.82) is 0 Å². The normalized spacial score (nSPS) is 18.4. The van der Waals surface area contributed by atoms with E-state index in [-0.39, 0.29) is 11.8 Å². The summed E-state index contributed by atoms with van der Waals surface area (Å²) in [5.41, 5.74) is 12.2. The van der Waals surface area contributed by atoms with Crippen molar-refractivity contribution >= 4 is 5.91 Å². The van der Waals surface area contributed by atoms with E-state index < -0.39 is 0 Å². The molecular weight excluding hydrogens is 228 g/mol. The Morgan fingerprint density at radius 2 is 1.56 bits per heavy atom. The third kappa shape index (κ3) is 3.98. The minimum absolute atomic E-state index is 0.0623. The van der Waals surface area contributed by atoms with Gasteiger partial charge in [-0.1, -0.05) is 13.8 Å². The summed E-state index contributed by atoms with van der Waals surface area (Å²) in [5, 5.41) is 0. The molecule has 0 unspecified atom stereocenters. The first-order chi connectivity index (χ1) is 8.41. The van der Waals surface area contributed by atoms with Gasteiger partial charge in [-0.2, -0.15) is 0 Å². The van der Waals surface area contributed by atoms with E-state index in [1.165, 1.54) is 0 Å². The zero-order valence-electron chi connectivity index (χ0n) is 11.5. The summed E-state index contributed by atoms with van der Waals surface area (Å²) in [4.78, 5) is 15.8. The van der Waals surface area contributed by atoms with Crippen molar-refractivity contribution in [3.8, 4) is 0 Å². The molecule has 0 aliphatic carbocycles. The minimum Gasteiger partial charge on any atom is -0.402 e. The largest absolute Gasteiger partial charge is 0.402 e. The molecule has 1 rings (SSSR count). The fraction of sp³-hybridized carbons (Fsp3) is 0.615. The number of piperazine rings is 1. The van der Waals surface area contributed by atoms with Gasteiger partial charge in [0.05, 0.1) is 5.82 Å². The van der Waals surface area contributed by atoms with E-state index in [2.05, 4.69) is 4.90 Å². The maximum absolute atomic E-state index is 11.8. The number of carbonyl (C=O) groups excluding carboxylic acids is 1. The van der Waals surface area contributed by atoms with Crippen molar-refractivity contribution in [3.05, 3.63) is 23.7 Å². The van der Waals surface area contributed by atoms with Gasteiger partial charge in [-0.25, -0.2) is 0 Å². The predicted molar refractivity (Wildman–Crippen MR) is 73.2 cm³/mol. The lowest BCUT2D eigenvalue weighted by molar-refractivity contribution is -0.135. The Balaban J connectivity index is 2.51. The van der Waals surface area contributed by atoms with Crippen LogP contribution in [0.3, 0.4) is 0 Å². The summed E-state index contributed by atoms with van der Waals surface area (Å²) in [7, 11) is 0. The molecule has 5 heteroatoms. The number of allylic oxidation sites excluding steroid dienone is 3. The molecule has 1 aliphatic rings. The summed E-state index contributed by atoms with van der Waals surface area (Å²) in [6.45, 7) is 8.70. The number of hydrogen-bond acceptors (Lipinski definition) is 4. The molecule has 0 saturated carbocycles. The smallest absolute Gasteiger partial charge is 0.225 e. The number of rotatable bonds is 3. The molecule has 0 spiro atoms. The van der Waals surface area contributed by atoms with Crippen molar-refractivity contribution in [1.82, 2.24) is 9.80 Å². The van der Waals surface area contributed by atoms with Crippen LogP contribution in [0.2, 0.25) is 0 Å². The van der Waals surface area contributed by atoms with E-state index in [1.54, 1.807) is 6.08 Å². The zero-order chi connectivity index (χ0) is 13.7. The first-order valence-corrected chi connectivity index (χ1v) is 6.35. The Kier molecular flexibility index (Phi) is 5.07. The summed E-state index contributed by atoms with van der Waals surface area (Å²) in [6, 6.07) is 0. The molecular formula is C13H24N4O. The van der Waals surface area contributed by atoms with Gasteiger partial charge in [0.1, 0.15) is 0 Å². The number of nitrogens with two attached hydrogens (primary N) is 2. The SMILES string of the molecule is C/C(N)=C/C=C(\N)N1CCN(C(=O)C(C)C)CC1. The van der Waals surface area contributed by atoms with Gasteiger partial charge in [-0.15, -0.1) is 0 Å². The van der Waals surface area contributed by atoms with Gasteiger partial charge in [0.15, 0.2) is 0 Å². The van der Waals surface area contributed by atoms with E-state index in [1.807, 2.05) is 31.7 Å². The number of carbonyl (C=O) groups is 1. The Morgan fingerprint density at radius 1 is 1.06 bits per heavy atom. The third-order valence-corrected chi connectivity index (χ3v) is 2.97. The number of nitrogens with zero attached hydrogens (tertiary/aromatic N) is 2. The first-order valence-electron chi connectivity index (χ1n) is 6.35. The fourth-order valence-electron chi connectivity index (χ4n) is 1.87. The monoisotopic (exact) mass is 252 g/mol. The Labute approximate surface area is 109 Å². The van der Waals surface area contributed by atoms with Crippen molar-refractivity contribution in [3.63, 3.8) is 0 Å². The molecule has 0 aromatic heterocycles. The number of amides is 1. The highest BCUT2D eigenvalue weighted by Gasteiger charge is 2.22. The van der Waals surface area contributed by atoms with E-state index in [0.29, 0.717) is 5.82 Å². The second kappa shape index (κ2) is 6.33. The van der Waals surface area contributed by atoms with Crippen LogP contribution in [-0.4, -0.2) is 41.9 Å². The zero-order valence-corrected chi connectivity index (χ0v) is 11.5. The first kappa shape index (κ1) is 14.4. The standard InChI is InChI=1S/C13H24N4O/c1-10(2)13(18)17-8-6-16(7-9-17)12(15)5-4-11(3)14/h4-5,10H,6-9,14-15H2,1-3H3/b11-4-,12-5+. The minimum atomic E-state index is 0.0623. The van der Waals surface area contributed by atoms with Gasteiger partial charge in [-0.05, 0) is 19.1 Å². The molecule has 0 bridgehead atoms. The van der Waals surface area contributed by atoms with Crippen LogP contribution >= 0.6 is 0 Å². The average Bonchev–Trinajstić information content (AvgIpc) is 2.35. The van der Waals surface area contributed by atoms with Crippen LogP contribution in [0.25, 0.3) is 0 Å². The van der Waals surface area contributed by atoms with Crippen molar-refractivity contribution in [2.45, 2.75) is 20.8 Å². The van der Waals surface area contributed by atoms with Crippen LogP contribution < -0.4 is 11.5 Å². The summed E-state index contributed by atoms with van der Waals surface area (Å²) >= 11 is 0. The van der Waals surface area contributed by atoms with E-state index in [4.69, 9.17) is 11.5 Å². The summed E-state index contributed by atoms with van der Waals surface area (Å²) in [6.07, 6.45) is 3.61. The third-order valence-electron chi connectivity index (χ3n) is 2.97. The van der Waals surface area contributed by atoms with Crippen molar-refractivity contribution < 1.29 is 4.79 Å². The van der Waals surface area contributed by atoms with Gasteiger partial charge in [0.2, 0.25) is 5.91 Å². The average molecular weight is 252 g/mol. The second-order valence-corrected chi connectivity index (χ2v) is 4.97. The maximum Gasteiger partial charge on any atom is 0.225 e. The molecule has 0 radical (unpaired) electrons. The summed E-state index contributed by atoms with van der Waals surface area (Å²) < 4.78 is 0. The molecule has 1 aliphatic heterocycles. The lowest BCUT2D eigenvalue weighted by Gasteiger charge is -2.36. The van der Waals surface area contributed by atoms with Gasteiger partial charge < -0.3 is 21.3 Å². The van der Waals surface area contributed by atoms with Crippen LogP contribution in [-0.2, 0) is 4.79 Å². The van der Waals surface area contributed by atoms with Crippen molar-refractivity contribution in [2.24, 2.45) is 17.4 Å². The molecule has 18 heavy (non-hydrogen) atoms. The topological polar surface area (TPSA) is 75.6 Å². The van der Waals surface area contributed by atoms with E-state index >= 15 is 0 Å². The number of hydrogen-bond donors (Lipinski definition) is 2. The molecule has 102 valence electrons. The fourth-order valence-corrected chi connectivity index (χ4v) is 1.87. The van der Waals surface area contributed by atoms with E-state index in [0.717, 1.165) is 31.9 Å². The van der Waals surface area contributed by atoms with Gasteiger partial charge >= 0.3 is 0 Å². The molecule has 4 N–H and O–H groups in total. The highest BCUT2D eigenvalue weighted by Crippen LogP contribution is 2.09. The van der Waals surface area contributed by atoms with Crippen LogP contribution in [0.5, 0.6) is 0 Å². The molecule has 5 nitrogen and oxygen atoms in total. The van der Waals surface area contributed by atoms with Crippen molar-refractivity contribution in [2.75, 3.05) is 26.2 Å². The van der Waals surface area contributed by atoms with Crippen LogP contribution in [0.15, 0.2) is 23.7 Å². The quantitative estimate of drug-likeness (QED) is 0.715. The van der Waals surface area contributed by atoms with Crippen LogP contribution in [0, 0.1) is 5.92 Å². The molecule has 0 atom stereocenters. The predicted octanol–water partition coefficient (Wildman–Crippen LogP) is 0.449. The Morgan fingerprint density at radius 3 is 2.00 bits per heavy atom. The lowest BCUT2D eigenvalue weighted by atomic mass is 10.1. The second-order valence-electron chi connectivity index (χ2n) is 4.97. The molecule has 1 amide bonds. The summed E-state index contributed by atoms with van der Waals surface area (Å²) in [5.74, 6) is 0.985.